The molecule has 0 aliphatic rings. The first-order valence-electron chi connectivity index (χ1n) is 10.2. The average Bonchev–Trinajstić information content (AvgIpc) is 2.79. The highest BCUT2D eigenvalue weighted by Gasteiger charge is 2.09. The number of methoxy groups -OCH3 is 1. The molecule has 170 valence electrons. The molecule has 3 aromatic carbocycles. The van der Waals surface area contributed by atoms with E-state index in [2.05, 4.69) is 21.9 Å². The normalized spacial score (nSPS) is 10.6. The van der Waals surface area contributed by atoms with E-state index in [0.29, 0.717) is 29.4 Å². The quantitative estimate of drug-likeness (QED) is 0.291. The van der Waals surface area contributed by atoms with E-state index in [1.807, 2.05) is 25.1 Å². The lowest BCUT2D eigenvalue weighted by atomic mass is 10.1. The van der Waals surface area contributed by atoms with Crippen LogP contribution in [0.1, 0.15) is 23.1 Å². The SMILES string of the molecule is COc1cc(C=NNC(=O)CC(=O)Nc2ccc(F)cc2)ccc1OCc1cccc(C)c1. The second kappa shape index (κ2) is 11.4. The molecule has 0 unspecified atom stereocenters. The van der Waals surface area contributed by atoms with Gasteiger partial charge in [-0.25, -0.2) is 9.82 Å². The molecule has 0 fully saturated rings. The first kappa shape index (κ1) is 23.5. The van der Waals surface area contributed by atoms with Crippen molar-refractivity contribution in [3.63, 3.8) is 0 Å². The van der Waals surface area contributed by atoms with E-state index in [1.165, 1.54) is 37.6 Å². The van der Waals surface area contributed by atoms with Crippen molar-refractivity contribution in [2.24, 2.45) is 5.10 Å². The number of anilines is 1. The number of aryl methyl sites for hydroxylation is 1. The predicted molar refractivity (Wildman–Crippen MR) is 124 cm³/mol. The Morgan fingerprint density at radius 3 is 2.52 bits per heavy atom. The number of hydrogen-bond donors (Lipinski definition) is 2. The Hall–Kier alpha value is -4.20. The summed E-state index contributed by atoms with van der Waals surface area (Å²) in [6, 6.07) is 18.5. The summed E-state index contributed by atoms with van der Waals surface area (Å²) >= 11 is 0. The van der Waals surface area contributed by atoms with Crippen LogP contribution in [0.25, 0.3) is 0 Å². The summed E-state index contributed by atoms with van der Waals surface area (Å²) in [5.41, 5.74) is 5.58. The van der Waals surface area contributed by atoms with E-state index in [9.17, 15) is 14.0 Å². The molecule has 0 radical (unpaired) electrons. The van der Waals surface area contributed by atoms with Crippen molar-refractivity contribution in [3.05, 3.63) is 89.2 Å². The molecule has 2 amide bonds. The molecule has 3 aromatic rings. The molecule has 33 heavy (non-hydrogen) atoms. The second-order valence-electron chi connectivity index (χ2n) is 7.21. The fourth-order valence-electron chi connectivity index (χ4n) is 2.95. The number of nitrogens with one attached hydrogen (secondary N) is 2. The van der Waals surface area contributed by atoms with Crippen LogP contribution >= 0.6 is 0 Å². The van der Waals surface area contributed by atoms with Gasteiger partial charge in [-0.05, 0) is 60.5 Å². The Morgan fingerprint density at radius 2 is 1.79 bits per heavy atom. The molecule has 0 atom stereocenters. The fraction of sp³-hybridized carbons (Fsp3) is 0.160. The van der Waals surface area contributed by atoms with Crippen molar-refractivity contribution in [2.75, 3.05) is 12.4 Å². The summed E-state index contributed by atoms with van der Waals surface area (Å²) in [7, 11) is 1.54. The van der Waals surface area contributed by atoms with Crippen molar-refractivity contribution in [1.82, 2.24) is 5.43 Å². The maximum Gasteiger partial charge on any atom is 0.249 e. The fourth-order valence-corrected chi connectivity index (χ4v) is 2.95. The maximum atomic E-state index is 12.9. The van der Waals surface area contributed by atoms with Crippen LogP contribution in [0.3, 0.4) is 0 Å². The number of hydrogen-bond acceptors (Lipinski definition) is 5. The zero-order valence-corrected chi connectivity index (χ0v) is 18.3. The van der Waals surface area contributed by atoms with Crippen molar-refractivity contribution < 1.29 is 23.5 Å². The van der Waals surface area contributed by atoms with Gasteiger partial charge in [-0.1, -0.05) is 29.8 Å². The largest absolute Gasteiger partial charge is 0.493 e. The van der Waals surface area contributed by atoms with Crippen LogP contribution in [0.2, 0.25) is 0 Å². The molecule has 0 bridgehead atoms. The molecular formula is C25H24FN3O4. The first-order valence-corrected chi connectivity index (χ1v) is 10.2. The van der Waals surface area contributed by atoms with E-state index in [-0.39, 0.29) is 0 Å². The summed E-state index contributed by atoms with van der Waals surface area (Å²) in [6.45, 7) is 2.43. The van der Waals surface area contributed by atoms with Gasteiger partial charge < -0.3 is 14.8 Å². The van der Waals surface area contributed by atoms with Gasteiger partial charge in [0.25, 0.3) is 0 Å². The van der Waals surface area contributed by atoms with Crippen LogP contribution in [-0.4, -0.2) is 25.1 Å². The Labute approximate surface area is 191 Å². The lowest BCUT2D eigenvalue weighted by Gasteiger charge is -2.11. The van der Waals surface area contributed by atoms with Gasteiger partial charge in [0.2, 0.25) is 11.8 Å². The third-order valence-corrected chi connectivity index (χ3v) is 4.52. The van der Waals surface area contributed by atoms with Crippen LogP contribution in [0.5, 0.6) is 11.5 Å². The Morgan fingerprint density at radius 1 is 1.00 bits per heavy atom. The van der Waals surface area contributed by atoms with Gasteiger partial charge >= 0.3 is 0 Å². The van der Waals surface area contributed by atoms with E-state index >= 15 is 0 Å². The van der Waals surface area contributed by atoms with Crippen molar-refractivity contribution in [3.8, 4) is 11.5 Å². The van der Waals surface area contributed by atoms with Crippen molar-refractivity contribution in [1.29, 1.82) is 0 Å². The van der Waals surface area contributed by atoms with E-state index in [1.54, 1.807) is 18.2 Å². The minimum Gasteiger partial charge on any atom is -0.493 e. The minimum atomic E-state index is -0.587. The molecular weight excluding hydrogens is 425 g/mol. The summed E-state index contributed by atoms with van der Waals surface area (Å²) in [5.74, 6) is -0.432. The number of rotatable bonds is 9. The van der Waals surface area contributed by atoms with Crippen LogP contribution in [-0.2, 0) is 16.2 Å². The number of hydrazone groups is 1. The van der Waals surface area contributed by atoms with E-state index < -0.39 is 24.1 Å². The number of amides is 2. The number of carbonyl (C=O) groups excluding carboxylic acids is 2. The predicted octanol–water partition coefficient (Wildman–Crippen LogP) is 4.20. The lowest BCUT2D eigenvalue weighted by Crippen LogP contribution is -2.24. The molecule has 0 spiro atoms. The Bertz CT molecular complexity index is 1150. The monoisotopic (exact) mass is 449 g/mol. The highest BCUT2D eigenvalue weighted by atomic mass is 19.1. The van der Waals surface area contributed by atoms with Gasteiger partial charge in [-0.15, -0.1) is 0 Å². The molecule has 0 saturated carbocycles. The highest BCUT2D eigenvalue weighted by Crippen LogP contribution is 2.28. The number of nitrogens with zero attached hydrogens (tertiary/aromatic N) is 1. The van der Waals surface area contributed by atoms with Crippen LogP contribution in [0.15, 0.2) is 71.8 Å². The summed E-state index contributed by atoms with van der Waals surface area (Å²) in [5, 5.41) is 6.38. The molecule has 0 saturated heterocycles. The number of halogens is 1. The van der Waals surface area contributed by atoms with Gasteiger partial charge in [-0.3, -0.25) is 9.59 Å². The molecule has 0 aromatic heterocycles. The topological polar surface area (TPSA) is 89.0 Å². The molecule has 3 rings (SSSR count). The van der Waals surface area contributed by atoms with E-state index in [0.717, 1.165) is 11.1 Å². The molecule has 0 aliphatic carbocycles. The lowest BCUT2D eigenvalue weighted by molar-refractivity contribution is -0.126. The van der Waals surface area contributed by atoms with Gasteiger partial charge in [0, 0.05) is 5.69 Å². The summed E-state index contributed by atoms with van der Waals surface area (Å²) < 4.78 is 24.2. The third kappa shape index (κ3) is 7.46. The molecule has 0 heterocycles. The van der Waals surface area contributed by atoms with Gasteiger partial charge in [0.05, 0.1) is 13.3 Å². The minimum absolute atomic E-state index is 0.398. The number of benzene rings is 3. The summed E-state index contributed by atoms with van der Waals surface area (Å²) in [4.78, 5) is 23.8. The van der Waals surface area contributed by atoms with Crippen LogP contribution < -0.4 is 20.2 Å². The van der Waals surface area contributed by atoms with E-state index in [4.69, 9.17) is 9.47 Å². The zero-order valence-electron chi connectivity index (χ0n) is 18.3. The second-order valence-corrected chi connectivity index (χ2v) is 7.21. The molecule has 2 N–H and O–H groups in total. The van der Waals surface area contributed by atoms with Crippen molar-refractivity contribution in [2.45, 2.75) is 20.0 Å². The van der Waals surface area contributed by atoms with Gasteiger partial charge in [-0.2, -0.15) is 5.10 Å². The average molecular weight is 449 g/mol. The van der Waals surface area contributed by atoms with Crippen LogP contribution in [0, 0.1) is 12.7 Å². The zero-order chi connectivity index (χ0) is 23.6. The summed E-state index contributed by atoms with van der Waals surface area (Å²) in [6.07, 6.45) is 1.01. The first-order chi connectivity index (χ1) is 15.9. The smallest absolute Gasteiger partial charge is 0.249 e. The highest BCUT2D eigenvalue weighted by molar-refractivity contribution is 6.03. The molecule has 8 heteroatoms. The molecule has 0 aliphatic heterocycles. The number of carbonyl (C=O) groups is 2. The van der Waals surface area contributed by atoms with Gasteiger partial charge in [0.1, 0.15) is 18.8 Å². The van der Waals surface area contributed by atoms with Gasteiger partial charge in [0.15, 0.2) is 11.5 Å². The maximum absolute atomic E-state index is 12.9. The Balaban J connectivity index is 1.51. The van der Waals surface area contributed by atoms with Crippen LogP contribution in [0.4, 0.5) is 10.1 Å². The van der Waals surface area contributed by atoms with Crippen molar-refractivity contribution >= 4 is 23.7 Å². The number of ether oxygens (including phenoxy) is 2. The molecule has 7 nitrogen and oxygen atoms in total. The third-order valence-electron chi connectivity index (χ3n) is 4.52. The Kier molecular flexibility index (Phi) is 8.13. The standard InChI is InChI=1S/C25H24FN3O4/c1-17-4-3-5-19(12-17)16-33-22-11-6-18(13-23(22)32-2)15-27-29-25(31)14-24(30)28-21-9-7-20(26)8-10-21/h3-13,15H,14,16H2,1-2H3,(H,28,30)(H,29,31).